The zero-order valence-electron chi connectivity index (χ0n) is 15.7. The number of hydrogen-bond donors (Lipinski definition) is 2. The van der Waals surface area contributed by atoms with Gasteiger partial charge < -0.3 is 20.6 Å². The monoisotopic (exact) mass is 398 g/mol. The molecule has 0 saturated carbocycles. The highest BCUT2D eigenvalue weighted by Gasteiger charge is 2.23. The van der Waals surface area contributed by atoms with Gasteiger partial charge in [0.2, 0.25) is 5.06 Å². The van der Waals surface area contributed by atoms with Gasteiger partial charge in [0.25, 0.3) is 5.95 Å². The first-order valence-electron chi connectivity index (χ1n) is 8.43. The van der Waals surface area contributed by atoms with Crippen molar-refractivity contribution in [3.8, 4) is 22.5 Å². The molecule has 10 heteroatoms. The van der Waals surface area contributed by atoms with Crippen molar-refractivity contribution in [2.45, 2.75) is 27.7 Å². The molecule has 4 heterocycles. The van der Waals surface area contributed by atoms with Crippen molar-refractivity contribution in [3.63, 3.8) is 0 Å². The van der Waals surface area contributed by atoms with E-state index in [2.05, 4.69) is 15.1 Å². The van der Waals surface area contributed by atoms with Crippen LogP contribution in [0, 0.1) is 27.7 Å². The molecule has 0 aliphatic rings. The largest absolute Gasteiger partial charge is 0.459 e. The first-order valence-corrected chi connectivity index (χ1v) is 9.24. The second-order valence-electron chi connectivity index (χ2n) is 6.47. The molecule has 144 valence electrons. The zero-order valence-corrected chi connectivity index (χ0v) is 16.5. The smallest absolute Gasteiger partial charge is 0.410 e. The minimum absolute atomic E-state index is 0.170. The van der Waals surface area contributed by atoms with Crippen molar-refractivity contribution in [1.29, 1.82) is 0 Å². The van der Waals surface area contributed by atoms with Crippen molar-refractivity contribution in [3.05, 3.63) is 34.8 Å². The van der Waals surface area contributed by atoms with Gasteiger partial charge in [0, 0.05) is 5.69 Å². The molecule has 9 nitrogen and oxygen atoms in total. The molecule has 0 aromatic carbocycles. The molecule has 0 saturated heterocycles. The molecule has 4 aromatic heterocycles. The number of furan rings is 1. The van der Waals surface area contributed by atoms with Crippen molar-refractivity contribution in [2.75, 3.05) is 5.73 Å². The number of carbonyl (C=O) groups excluding carboxylic acids is 1. The van der Waals surface area contributed by atoms with E-state index in [1.54, 1.807) is 4.68 Å². The van der Waals surface area contributed by atoms with Crippen LogP contribution in [0.15, 0.2) is 16.5 Å². The summed E-state index contributed by atoms with van der Waals surface area (Å²) in [5, 5.41) is 5.16. The molecular weight excluding hydrogens is 380 g/mol. The summed E-state index contributed by atoms with van der Waals surface area (Å²) in [6.45, 7) is 7.63. The maximum absolute atomic E-state index is 11.2. The second-order valence-corrected chi connectivity index (χ2v) is 7.43. The minimum Gasteiger partial charge on any atom is -0.459 e. The van der Waals surface area contributed by atoms with Gasteiger partial charge in [0.05, 0.1) is 16.8 Å². The van der Waals surface area contributed by atoms with Gasteiger partial charge >= 0.3 is 6.09 Å². The molecule has 4 rings (SSSR count). The summed E-state index contributed by atoms with van der Waals surface area (Å²) >= 11 is 1.11. The van der Waals surface area contributed by atoms with Crippen LogP contribution in [0.25, 0.3) is 27.6 Å². The number of nitrogens with zero attached hydrogens (tertiary/aromatic N) is 4. The summed E-state index contributed by atoms with van der Waals surface area (Å²) in [4.78, 5) is 21.0. The van der Waals surface area contributed by atoms with Gasteiger partial charge in [0.1, 0.15) is 16.3 Å². The fourth-order valence-electron chi connectivity index (χ4n) is 2.95. The normalized spacial score (nSPS) is 11.3. The molecule has 4 aromatic rings. The van der Waals surface area contributed by atoms with Crippen LogP contribution >= 0.6 is 11.3 Å². The standard InChI is InChI=1S/C18H18N6O3S/c1-7-5-11(26-10(7)4)14-12-13(19)16(27-17(20)25)28-15(12)22-18(21-14)24-9(3)6-8(2)23-24/h5-6H,19H2,1-4H3,(H2,20,25). The van der Waals surface area contributed by atoms with Crippen molar-refractivity contribution in [1.82, 2.24) is 19.7 Å². The van der Waals surface area contributed by atoms with Crippen LogP contribution < -0.4 is 16.2 Å². The maximum Gasteiger partial charge on any atom is 0.410 e. The van der Waals surface area contributed by atoms with E-state index in [1.165, 1.54) is 0 Å². The lowest BCUT2D eigenvalue weighted by molar-refractivity contribution is 0.212. The number of ether oxygens (including phenoxy) is 1. The number of aromatic nitrogens is 4. The number of aryl methyl sites for hydroxylation is 4. The first kappa shape index (κ1) is 18.0. The number of thiophene rings is 1. The molecule has 0 spiro atoms. The van der Waals surface area contributed by atoms with Gasteiger partial charge in [-0.25, -0.2) is 14.5 Å². The lowest BCUT2D eigenvalue weighted by Crippen LogP contribution is -2.16. The number of primary amides is 1. The third-order valence-electron chi connectivity index (χ3n) is 4.33. The Morgan fingerprint density at radius 2 is 1.96 bits per heavy atom. The number of fused-ring (bicyclic) bond motifs is 1. The van der Waals surface area contributed by atoms with Gasteiger partial charge in [-0.3, -0.25) is 0 Å². The molecule has 1 amide bonds. The summed E-state index contributed by atoms with van der Waals surface area (Å²) in [5.74, 6) is 1.68. The average Bonchev–Trinajstić information content (AvgIpc) is 3.23. The number of nitrogens with two attached hydrogens (primary N) is 2. The number of nitrogen functional groups attached to an aromatic ring is 1. The highest BCUT2D eigenvalue weighted by atomic mass is 32.1. The van der Waals surface area contributed by atoms with E-state index in [-0.39, 0.29) is 10.8 Å². The first-order chi connectivity index (χ1) is 13.2. The van der Waals surface area contributed by atoms with Crippen LogP contribution in [0.2, 0.25) is 0 Å². The maximum atomic E-state index is 11.2. The second kappa shape index (κ2) is 6.34. The van der Waals surface area contributed by atoms with Gasteiger partial charge in [-0.1, -0.05) is 11.3 Å². The number of anilines is 1. The summed E-state index contributed by atoms with van der Waals surface area (Å²) in [6.07, 6.45) is -0.948. The predicted octanol–water partition coefficient (Wildman–Crippen LogP) is 3.41. The van der Waals surface area contributed by atoms with Crippen LogP contribution in [0.5, 0.6) is 5.06 Å². The van der Waals surface area contributed by atoms with Crippen LogP contribution in [0.1, 0.15) is 22.7 Å². The molecule has 0 atom stereocenters. The van der Waals surface area contributed by atoms with E-state index >= 15 is 0 Å². The van der Waals surface area contributed by atoms with E-state index in [0.717, 1.165) is 34.0 Å². The lowest BCUT2D eigenvalue weighted by Gasteiger charge is -2.06. The third kappa shape index (κ3) is 2.87. The van der Waals surface area contributed by atoms with E-state index < -0.39 is 6.09 Å². The SMILES string of the molecule is Cc1cc(C)n(-c2nc(-c3cc(C)c(C)o3)c3c(N)c(OC(N)=O)sc3n2)n1. The summed E-state index contributed by atoms with van der Waals surface area (Å²) in [5.41, 5.74) is 14.8. The Kier molecular flexibility index (Phi) is 4.07. The minimum atomic E-state index is -0.948. The average molecular weight is 398 g/mol. The van der Waals surface area contributed by atoms with Crippen LogP contribution in [-0.4, -0.2) is 25.8 Å². The molecular formula is C18H18N6O3S. The molecule has 4 N–H and O–H groups in total. The Morgan fingerprint density at radius 1 is 1.21 bits per heavy atom. The quantitative estimate of drug-likeness (QED) is 0.540. The molecule has 28 heavy (non-hydrogen) atoms. The summed E-state index contributed by atoms with van der Waals surface area (Å²) in [7, 11) is 0. The van der Waals surface area contributed by atoms with E-state index in [0.29, 0.717) is 27.6 Å². The van der Waals surface area contributed by atoms with Crippen LogP contribution in [0.4, 0.5) is 10.5 Å². The Labute approximate surface area is 163 Å². The zero-order chi connectivity index (χ0) is 20.2. The Hall–Kier alpha value is -3.40. The fraction of sp³-hybridized carbons (Fsp3) is 0.222. The van der Waals surface area contributed by atoms with Crippen molar-refractivity contribution < 1.29 is 13.9 Å². The number of hydrogen-bond acceptors (Lipinski definition) is 8. The van der Waals surface area contributed by atoms with E-state index in [1.807, 2.05) is 39.8 Å². The highest BCUT2D eigenvalue weighted by Crippen LogP contribution is 2.44. The van der Waals surface area contributed by atoms with Crippen LogP contribution in [0.3, 0.4) is 0 Å². The molecule has 0 bridgehead atoms. The topological polar surface area (TPSA) is 135 Å². The molecule has 0 unspecified atom stereocenters. The third-order valence-corrected chi connectivity index (χ3v) is 5.31. The number of rotatable bonds is 3. The van der Waals surface area contributed by atoms with E-state index in [9.17, 15) is 4.79 Å². The summed E-state index contributed by atoms with van der Waals surface area (Å²) in [6, 6.07) is 3.81. The van der Waals surface area contributed by atoms with Crippen LogP contribution in [-0.2, 0) is 0 Å². The number of carbonyl (C=O) groups is 1. The lowest BCUT2D eigenvalue weighted by atomic mass is 10.2. The van der Waals surface area contributed by atoms with Gasteiger partial charge in [-0.15, -0.1) is 0 Å². The van der Waals surface area contributed by atoms with E-state index in [4.69, 9.17) is 20.6 Å². The van der Waals surface area contributed by atoms with Gasteiger partial charge in [-0.2, -0.15) is 10.1 Å². The molecule has 0 aliphatic carbocycles. The molecule has 0 radical (unpaired) electrons. The highest BCUT2D eigenvalue weighted by molar-refractivity contribution is 7.21. The molecule has 0 fully saturated rings. The Balaban J connectivity index is 2.03. The van der Waals surface area contributed by atoms with Gasteiger partial charge in [0.15, 0.2) is 5.76 Å². The molecule has 0 aliphatic heterocycles. The summed E-state index contributed by atoms with van der Waals surface area (Å²) < 4.78 is 12.6. The van der Waals surface area contributed by atoms with Crippen molar-refractivity contribution >= 4 is 33.3 Å². The van der Waals surface area contributed by atoms with Crippen molar-refractivity contribution in [2.24, 2.45) is 5.73 Å². The number of amides is 1. The van der Waals surface area contributed by atoms with Gasteiger partial charge in [-0.05, 0) is 45.4 Å². The Morgan fingerprint density at radius 3 is 2.54 bits per heavy atom. The Bertz CT molecular complexity index is 1220. The predicted molar refractivity (Wildman–Crippen MR) is 106 cm³/mol. The fourth-order valence-corrected chi connectivity index (χ4v) is 3.90.